The highest BCUT2D eigenvalue weighted by Crippen LogP contribution is 2.38. The van der Waals surface area contributed by atoms with Crippen molar-refractivity contribution >= 4 is 44.2 Å². The van der Waals surface area contributed by atoms with Crippen LogP contribution in [0.5, 0.6) is 0 Å². The molecule has 4 nitrogen and oxygen atoms in total. The van der Waals surface area contributed by atoms with Crippen LogP contribution in [0.1, 0.15) is 5.56 Å². The highest BCUT2D eigenvalue weighted by molar-refractivity contribution is 7.23. The van der Waals surface area contributed by atoms with Crippen LogP contribution in [0.2, 0.25) is 5.15 Å². The standard InChI is InChI=1S/C16H13ClN4S/c1-21-8-19-13-14(21)15-11(20-16(13)17)6-12(22-15)10-4-2-3-9(5-10)7-18/h2-6,8H,7,18H2,1H3. The van der Waals surface area contributed by atoms with E-state index in [4.69, 9.17) is 17.3 Å². The quantitative estimate of drug-likeness (QED) is 0.567. The monoisotopic (exact) mass is 328 g/mol. The Bertz CT molecular complexity index is 1000. The van der Waals surface area contributed by atoms with Gasteiger partial charge in [-0.05, 0) is 23.3 Å². The van der Waals surface area contributed by atoms with Gasteiger partial charge in [0.2, 0.25) is 0 Å². The van der Waals surface area contributed by atoms with Crippen LogP contribution in [0, 0.1) is 0 Å². The summed E-state index contributed by atoms with van der Waals surface area (Å²) in [5.74, 6) is 0. The van der Waals surface area contributed by atoms with Gasteiger partial charge in [-0.3, -0.25) is 0 Å². The molecule has 4 rings (SSSR count). The van der Waals surface area contributed by atoms with Crippen molar-refractivity contribution in [3.63, 3.8) is 0 Å². The molecule has 110 valence electrons. The smallest absolute Gasteiger partial charge is 0.157 e. The number of thiophene rings is 1. The number of halogens is 1. The van der Waals surface area contributed by atoms with Gasteiger partial charge in [0, 0.05) is 18.5 Å². The number of imidazole rings is 1. The van der Waals surface area contributed by atoms with Crippen molar-refractivity contribution in [2.75, 3.05) is 0 Å². The first-order chi connectivity index (χ1) is 10.7. The van der Waals surface area contributed by atoms with Crippen LogP contribution in [0.15, 0.2) is 36.7 Å². The van der Waals surface area contributed by atoms with E-state index >= 15 is 0 Å². The molecule has 1 aromatic carbocycles. The Morgan fingerprint density at radius 2 is 2.18 bits per heavy atom. The molecule has 6 heteroatoms. The van der Waals surface area contributed by atoms with Crippen LogP contribution in [0.4, 0.5) is 0 Å². The predicted molar refractivity (Wildman–Crippen MR) is 92.2 cm³/mol. The van der Waals surface area contributed by atoms with E-state index in [0.29, 0.717) is 11.7 Å². The van der Waals surface area contributed by atoms with Crippen molar-refractivity contribution in [1.82, 2.24) is 14.5 Å². The maximum Gasteiger partial charge on any atom is 0.157 e. The highest BCUT2D eigenvalue weighted by atomic mass is 35.5. The van der Waals surface area contributed by atoms with Crippen LogP contribution in [-0.4, -0.2) is 14.5 Å². The van der Waals surface area contributed by atoms with E-state index in [-0.39, 0.29) is 0 Å². The molecule has 4 aromatic rings. The lowest BCUT2D eigenvalue weighted by Gasteiger charge is -2.00. The minimum absolute atomic E-state index is 0.447. The van der Waals surface area contributed by atoms with E-state index in [1.165, 1.54) is 0 Å². The van der Waals surface area contributed by atoms with Crippen molar-refractivity contribution in [3.05, 3.63) is 47.4 Å². The summed E-state index contributed by atoms with van der Waals surface area (Å²) in [7, 11) is 1.97. The Hall–Kier alpha value is -1.95. The fourth-order valence-electron chi connectivity index (χ4n) is 2.64. The Morgan fingerprint density at radius 3 is 3.00 bits per heavy atom. The number of hydrogen-bond donors (Lipinski definition) is 1. The third kappa shape index (κ3) is 2.01. The number of aromatic nitrogens is 3. The summed E-state index contributed by atoms with van der Waals surface area (Å²) in [6.07, 6.45) is 1.77. The number of fused-ring (bicyclic) bond motifs is 3. The third-order valence-corrected chi connectivity index (χ3v) is 5.17. The lowest BCUT2D eigenvalue weighted by Crippen LogP contribution is -1.95. The van der Waals surface area contributed by atoms with Crippen LogP contribution in [0.3, 0.4) is 0 Å². The maximum atomic E-state index is 6.25. The second kappa shape index (κ2) is 5.05. The molecule has 0 saturated heterocycles. The first kappa shape index (κ1) is 13.7. The zero-order chi connectivity index (χ0) is 15.3. The molecule has 0 aliphatic heterocycles. The Morgan fingerprint density at radius 1 is 1.32 bits per heavy atom. The van der Waals surface area contributed by atoms with Gasteiger partial charge in [0.05, 0.1) is 22.1 Å². The minimum atomic E-state index is 0.447. The summed E-state index contributed by atoms with van der Waals surface area (Å²) < 4.78 is 3.09. The summed E-state index contributed by atoms with van der Waals surface area (Å²) in [4.78, 5) is 9.97. The summed E-state index contributed by atoms with van der Waals surface area (Å²) in [5.41, 5.74) is 10.7. The second-order valence-electron chi connectivity index (χ2n) is 5.18. The maximum absolute atomic E-state index is 6.25. The largest absolute Gasteiger partial charge is 0.332 e. The summed E-state index contributed by atoms with van der Waals surface area (Å²) in [6, 6.07) is 10.3. The first-order valence-electron chi connectivity index (χ1n) is 6.87. The Kier molecular flexibility index (Phi) is 3.14. The molecule has 0 spiro atoms. The Balaban J connectivity index is 2.01. The Labute approximate surface area is 136 Å². The fraction of sp³-hybridized carbons (Fsp3) is 0.125. The molecule has 3 heterocycles. The van der Waals surface area contributed by atoms with Gasteiger partial charge in [-0.1, -0.05) is 29.8 Å². The molecule has 0 aliphatic carbocycles. The van der Waals surface area contributed by atoms with Crippen LogP contribution < -0.4 is 5.73 Å². The molecule has 0 atom stereocenters. The van der Waals surface area contributed by atoms with Gasteiger partial charge in [0.15, 0.2) is 5.15 Å². The van der Waals surface area contributed by atoms with E-state index < -0.39 is 0 Å². The van der Waals surface area contributed by atoms with E-state index in [9.17, 15) is 0 Å². The van der Waals surface area contributed by atoms with Gasteiger partial charge >= 0.3 is 0 Å². The van der Waals surface area contributed by atoms with E-state index in [1.54, 1.807) is 17.7 Å². The number of benzene rings is 1. The molecule has 0 unspecified atom stereocenters. The molecule has 0 fully saturated rings. The molecule has 0 bridgehead atoms. The minimum Gasteiger partial charge on any atom is -0.332 e. The van der Waals surface area contributed by atoms with Gasteiger partial charge in [0.1, 0.15) is 5.52 Å². The zero-order valence-corrected chi connectivity index (χ0v) is 13.4. The molecule has 2 N–H and O–H groups in total. The molecule has 0 radical (unpaired) electrons. The SMILES string of the molecule is Cn1cnc2c(Cl)nc3cc(-c4cccc(CN)c4)sc3c21. The molecule has 22 heavy (non-hydrogen) atoms. The molecule has 0 aliphatic rings. The average molecular weight is 329 g/mol. The van der Waals surface area contributed by atoms with Crippen molar-refractivity contribution < 1.29 is 0 Å². The van der Waals surface area contributed by atoms with Crippen molar-refractivity contribution in [1.29, 1.82) is 0 Å². The summed E-state index contributed by atoms with van der Waals surface area (Å²) in [6.45, 7) is 0.536. The highest BCUT2D eigenvalue weighted by Gasteiger charge is 2.15. The van der Waals surface area contributed by atoms with Crippen LogP contribution in [-0.2, 0) is 13.6 Å². The normalized spacial score (nSPS) is 11.6. The average Bonchev–Trinajstić information content (AvgIpc) is 3.11. The number of rotatable bonds is 2. The molecular weight excluding hydrogens is 316 g/mol. The van der Waals surface area contributed by atoms with Crippen LogP contribution >= 0.6 is 22.9 Å². The van der Waals surface area contributed by atoms with E-state index in [2.05, 4.69) is 28.2 Å². The van der Waals surface area contributed by atoms with Crippen molar-refractivity contribution in [3.8, 4) is 10.4 Å². The van der Waals surface area contributed by atoms with Crippen molar-refractivity contribution in [2.45, 2.75) is 6.54 Å². The van der Waals surface area contributed by atoms with Gasteiger partial charge in [0.25, 0.3) is 0 Å². The van der Waals surface area contributed by atoms with Gasteiger partial charge in [-0.2, -0.15) is 0 Å². The lowest BCUT2D eigenvalue weighted by atomic mass is 10.1. The zero-order valence-electron chi connectivity index (χ0n) is 11.9. The molecule has 0 amide bonds. The topological polar surface area (TPSA) is 56.7 Å². The summed E-state index contributed by atoms with van der Waals surface area (Å²) >= 11 is 7.96. The summed E-state index contributed by atoms with van der Waals surface area (Å²) in [5, 5.41) is 0.447. The number of nitrogens with two attached hydrogens (primary N) is 1. The predicted octanol–water partition coefficient (Wildman–Crippen LogP) is 3.96. The number of nitrogens with zero attached hydrogens (tertiary/aromatic N) is 3. The third-order valence-electron chi connectivity index (χ3n) is 3.73. The lowest BCUT2D eigenvalue weighted by molar-refractivity contribution is 0.951. The van der Waals surface area contributed by atoms with E-state index in [1.807, 2.05) is 23.7 Å². The molecule has 0 saturated carbocycles. The number of aryl methyl sites for hydroxylation is 1. The first-order valence-corrected chi connectivity index (χ1v) is 8.06. The van der Waals surface area contributed by atoms with Gasteiger partial charge in [-0.15, -0.1) is 11.3 Å². The fourth-order valence-corrected chi connectivity index (χ4v) is 4.05. The van der Waals surface area contributed by atoms with Gasteiger partial charge < -0.3 is 10.3 Å². The van der Waals surface area contributed by atoms with Crippen LogP contribution in [0.25, 0.3) is 31.7 Å². The molecular formula is C16H13ClN4S. The molecule has 3 aromatic heterocycles. The van der Waals surface area contributed by atoms with Crippen molar-refractivity contribution in [2.24, 2.45) is 12.8 Å². The van der Waals surface area contributed by atoms with Gasteiger partial charge in [-0.25, -0.2) is 9.97 Å². The second-order valence-corrected chi connectivity index (χ2v) is 6.60. The number of pyridine rings is 1. The number of hydrogen-bond acceptors (Lipinski definition) is 4. The van der Waals surface area contributed by atoms with E-state index in [0.717, 1.165) is 37.3 Å².